The zero-order chi connectivity index (χ0) is 12.6. The summed E-state index contributed by atoms with van der Waals surface area (Å²) in [5.41, 5.74) is 1.41. The fourth-order valence-corrected chi connectivity index (χ4v) is 2.20. The van der Waals surface area contributed by atoms with Gasteiger partial charge in [0.1, 0.15) is 11.3 Å². The smallest absolute Gasteiger partial charge is 0.196 e. The first-order valence-electron chi connectivity index (χ1n) is 6.00. The molecule has 0 atom stereocenters. The van der Waals surface area contributed by atoms with Gasteiger partial charge in [0.2, 0.25) is 0 Å². The highest BCUT2D eigenvalue weighted by molar-refractivity contribution is 5.77. The van der Waals surface area contributed by atoms with Crippen LogP contribution in [-0.2, 0) is 11.8 Å². The first-order valence-corrected chi connectivity index (χ1v) is 6.00. The van der Waals surface area contributed by atoms with Gasteiger partial charge >= 0.3 is 0 Å². The molecule has 0 radical (unpaired) electrons. The largest absolute Gasteiger partial charge is 0.461 e. The van der Waals surface area contributed by atoms with Crippen LogP contribution in [0.15, 0.2) is 33.5 Å². The standard InChI is InChI=1S/C15H18O2/c1-5-11-13(15(2,3)4)14(16)10-8-6-7-9-12(10)17-11/h6-9H,5H2,1-4H3. The van der Waals surface area contributed by atoms with Crippen molar-refractivity contribution in [1.82, 2.24) is 0 Å². The lowest BCUT2D eigenvalue weighted by molar-refractivity contribution is 0.488. The van der Waals surface area contributed by atoms with E-state index in [0.717, 1.165) is 17.7 Å². The Morgan fingerprint density at radius 2 is 1.82 bits per heavy atom. The van der Waals surface area contributed by atoms with E-state index in [4.69, 9.17) is 4.42 Å². The summed E-state index contributed by atoms with van der Waals surface area (Å²) < 4.78 is 5.85. The van der Waals surface area contributed by atoms with E-state index in [1.807, 2.05) is 52.0 Å². The van der Waals surface area contributed by atoms with E-state index in [1.54, 1.807) is 0 Å². The van der Waals surface area contributed by atoms with Crippen LogP contribution in [0.4, 0.5) is 0 Å². The number of benzene rings is 1. The van der Waals surface area contributed by atoms with Gasteiger partial charge in [0, 0.05) is 12.0 Å². The van der Waals surface area contributed by atoms with Crippen molar-refractivity contribution in [1.29, 1.82) is 0 Å². The normalized spacial score (nSPS) is 12.0. The van der Waals surface area contributed by atoms with Crippen LogP contribution in [0, 0.1) is 0 Å². The molecule has 0 saturated heterocycles. The molecule has 0 fully saturated rings. The second kappa shape index (κ2) is 4.02. The Labute approximate surface area is 101 Å². The van der Waals surface area contributed by atoms with Gasteiger partial charge in [0.15, 0.2) is 5.43 Å². The summed E-state index contributed by atoms with van der Waals surface area (Å²) in [4.78, 5) is 12.5. The average Bonchev–Trinajstić information content (AvgIpc) is 2.27. The molecule has 2 aromatic rings. The molecule has 1 aromatic heterocycles. The van der Waals surface area contributed by atoms with Crippen LogP contribution < -0.4 is 5.43 Å². The number of hydrogen-bond donors (Lipinski definition) is 0. The molecule has 17 heavy (non-hydrogen) atoms. The molecular formula is C15H18O2. The summed E-state index contributed by atoms with van der Waals surface area (Å²) in [7, 11) is 0. The molecular weight excluding hydrogens is 212 g/mol. The predicted molar refractivity (Wildman–Crippen MR) is 70.6 cm³/mol. The van der Waals surface area contributed by atoms with Crippen molar-refractivity contribution in [2.24, 2.45) is 0 Å². The number of rotatable bonds is 1. The fraction of sp³-hybridized carbons (Fsp3) is 0.400. The maximum absolute atomic E-state index is 12.5. The Bertz CT molecular complexity index is 600. The first kappa shape index (κ1) is 11.9. The van der Waals surface area contributed by atoms with E-state index in [2.05, 4.69) is 0 Å². The van der Waals surface area contributed by atoms with Crippen LogP contribution >= 0.6 is 0 Å². The van der Waals surface area contributed by atoms with Crippen LogP contribution in [-0.4, -0.2) is 0 Å². The summed E-state index contributed by atoms with van der Waals surface area (Å²) in [5.74, 6) is 0.807. The van der Waals surface area contributed by atoms with Crippen molar-refractivity contribution < 1.29 is 4.42 Å². The van der Waals surface area contributed by atoms with Crippen molar-refractivity contribution in [3.8, 4) is 0 Å². The number of para-hydroxylation sites is 1. The van der Waals surface area contributed by atoms with Gasteiger partial charge in [-0.05, 0) is 17.5 Å². The van der Waals surface area contributed by atoms with Crippen molar-refractivity contribution in [2.75, 3.05) is 0 Å². The molecule has 1 aromatic carbocycles. The zero-order valence-corrected chi connectivity index (χ0v) is 10.8. The highest BCUT2D eigenvalue weighted by Crippen LogP contribution is 2.26. The Morgan fingerprint density at radius 3 is 2.41 bits per heavy atom. The minimum atomic E-state index is -0.185. The summed E-state index contributed by atoms with van der Waals surface area (Å²) in [6.07, 6.45) is 0.743. The van der Waals surface area contributed by atoms with Crippen molar-refractivity contribution in [3.05, 3.63) is 45.8 Å². The summed E-state index contributed by atoms with van der Waals surface area (Å²) >= 11 is 0. The van der Waals surface area contributed by atoms with E-state index in [1.165, 1.54) is 0 Å². The molecule has 2 heteroatoms. The second-order valence-electron chi connectivity index (χ2n) is 5.33. The number of aryl methyl sites for hydroxylation is 1. The summed E-state index contributed by atoms with van der Waals surface area (Å²) in [5, 5.41) is 0.676. The molecule has 0 aliphatic carbocycles. The lowest BCUT2D eigenvalue weighted by atomic mass is 9.85. The highest BCUT2D eigenvalue weighted by Gasteiger charge is 2.24. The molecule has 90 valence electrons. The Morgan fingerprint density at radius 1 is 1.18 bits per heavy atom. The van der Waals surface area contributed by atoms with E-state index >= 15 is 0 Å². The third-order valence-electron chi connectivity index (χ3n) is 2.94. The SMILES string of the molecule is CCc1oc2ccccc2c(=O)c1C(C)(C)C. The van der Waals surface area contributed by atoms with Crippen molar-refractivity contribution in [3.63, 3.8) is 0 Å². The van der Waals surface area contributed by atoms with Gasteiger partial charge in [-0.15, -0.1) is 0 Å². The van der Waals surface area contributed by atoms with Gasteiger partial charge in [-0.2, -0.15) is 0 Å². The molecule has 2 nitrogen and oxygen atoms in total. The molecule has 0 amide bonds. The van der Waals surface area contributed by atoms with Crippen LogP contribution in [0.5, 0.6) is 0 Å². The zero-order valence-electron chi connectivity index (χ0n) is 10.8. The van der Waals surface area contributed by atoms with E-state index < -0.39 is 0 Å². The third-order valence-corrected chi connectivity index (χ3v) is 2.94. The molecule has 2 rings (SSSR count). The fourth-order valence-electron chi connectivity index (χ4n) is 2.20. The van der Waals surface area contributed by atoms with E-state index in [0.29, 0.717) is 11.0 Å². The maximum Gasteiger partial charge on any atom is 0.196 e. The minimum Gasteiger partial charge on any atom is -0.461 e. The van der Waals surface area contributed by atoms with Crippen LogP contribution in [0.1, 0.15) is 39.0 Å². The van der Waals surface area contributed by atoms with Gasteiger partial charge in [-0.25, -0.2) is 0 Å². The van der Waals surface area contributed by atoms with E-state index in [-0.39, 0.29) is 10.8 Å². The van der Waals surface area contributed by atoms with Gasteiger partial charge in [-0.3, -0.25) is 4.79 Å². The molecule has 1 heterocycles. The first-order chi connectivity index (χ1) is 7.95. The highest BCUT2D eigenvalue weighted by atomic mass is 16.3. The molecule has 0 spiro atoms. The maximum atomic E-state index is 12.5. The summed E-state index contributed by atoms with van der Waals surface area (Å²) in [6.45, 7) is 8.16. The summed E-state index contributed by atoms with van der Waals surface area (Å²) in [6, 6.07) is 7.44. The molecule has 0 aliphatic rings. The molecule has 0 unspecified atom stereocenters. The van der Waals surface area contributed by atoms with Crippen LogP contribution in [0.3, 0.4) is 0 Å². The predicted octanol–water partition coefficient (Wildman–Crippen LogP) is 3.65. The Kier molecular flexibility index (Phi) is 2.82. The number of fused-ring (bicyclic) bond motifs is 1. The third kappa shape index (κ3) is 1.99. The Hall–Kier alpha value is -1.57. The van der Waals surface area contributed by atoms with E-state index in [9.17, 15) is 4.79 Å². The molecule has 0 saturated carbocycles. The monoisotopic (exact) mass is 230 g/mol. The van der Waals surface area contributed by atoms with Crippen molar-refractivity contribution in [2.45, 2.75) is 39.5 Å². The quantitative estimate of drug-likeness (QED) is 0.748. The number of hydrogen-bond acceptors (Lipinski definition) is 2. The minimum absolute atomic E-state index is 0.108. The van der Waals surface area contributed by atoms with Gasteiger partial charge < -0.3 is 4.42 Å². The Balaban J connectivity index is 2.92. The van der Waals surface area contributed by atoms with Gasteiger partial charge in [0.05, 0.1) is 5.39 Å². The molecule has 0 N–H and O–H groups in total. The van der Waals surface area contributed by atoms with Gasteiger partial charge in [-0.1, -0.05) is 39.8 Å². The molecule has 0 bridgehead atoms. The van der Waals surface area contributed by atoms with Crippen LogP contribution in [0.25, 0.3) is 11.0 Å². The second-order valence-corrected chi connectivity index (χ2v) is 5.33. The lowest BCUT2D eigenvalue weighted by Gasteiger charge is -2.21. The van der Waals surface area contributed by atoms with Crippen LogP contribution in [0.2, 0.25) is 0 Å². The topological polar surface area (TPSA) is 30.2 Å². The van der Waals surface area contributed by atoms with Gasteiger partial charge in [0.25, 0.3) is 0 Å². The van der Waals surface area contributed by atoms with Crippen molar-refractivity contribution >= 4 is 11.0 Å². The lowest BCUT2D eigenvalue weighted by Crippen LogP contribution is -2.25. The average molecular weight is 230 g/mol. The molecule has 0 aliphatic heterocycles.